The average molecular weight is 459 g/mol. The van der Waals surface area contributed by atoms with E-state index in [1.807, 2.05) is 64.1 Å². The van der Waals surface area contributed by atoms with Gasteiger partial charge in [-0.1, -0.05) is 0 Å². The fraction of sp³-hybridized carbons (Fsp3) is 0.348. The summed E-state index contributed by atoms with van der Waals surface area (Å²) in [6.07, 6.45) is 3.27. The van der Waals surface area contributed by atoms with E-state index in [1.165, 1.54) is 0 Å². The molecule has 0 atom stereocenters. The van der Waals surface area contributed by atoms with E-state index in [0.717, 1.165) is 11.1 Å². The molecule has 0 aliphatic rings. The molecule has 0 aliphatic carbocycles. The van der Waals surface area contributed by atoms with Crippen molar-refractivity contribution in [2.24, 2.45) is 10.2 Å². The highest BCUT2D eigenvalue weighted by Gasteiger charge is 2.06. The van der Waals surface area contributed by atoms with Crippen LogP contribution >= 0.6 is 12.2 Å². The van der Waals surface area contributed by atoms with Crippen LogP contribution in [0.5, 0.6) is 23.0 Å². The molecule has 0 radical (unpaired) electrons. The maximum atomic E-state index is 5.62. The normalized spacial score (nSPS) is 10.9. The smallest absolute Gasteiger partial charge is 0.207 e. The SMILES string of the molecule is CCOc1ccc(/C=N/NC(=S)N/N=C/c2ccc(OCC)c(OCC)c2)cc1OCC. The minimum Gasteiger partial charge on any atom is -0.490 e. The van der Waals surface area contributed by atoms with Gasteiger partial charge in [-0.2, -0.15) is 10.2 Å². The third-order valence-electron chi connectivity index (χ3n) is 3.89. The largest absolute Gasteiger partial charge is 0.490 e. The van der Waals surface area contributed by atoms with Crippen LogP contribution < -0.4 is 29.8 Å². The van der Waals surface area contributed by atoms with E-state index in [4.69, 9.17) is 31.2 Å². The van der Waals surface area contributed by atoms with Crippen LogP contribution in [0.3, 0.4) is 0 Å². The standard InChI is InChI=1S/C23H30N4O4S/c1-5-28-19-11-9-17(13-21(19)30-7-3)15-24-26-23(32)27-25-16-18-10-12-20(29-6-2)22(14-18)31-8-4/h9-16H,5-8H2,1-4H3,(H2,26,27,32)/b24-15+,25-16+. The van der Waals surface area contributed by atoms with Crippen LogP contribution in [-0.4, -0.2) is 44.0 Å². The molecule has 32 heavy (non-hydrogen) atoms. The third-order valence-corrected chi connectivity index (χ3v) is 4.08. The zero-order chi connectivity index (χ0) is 23.2. The van der Waals surface area contributed by atoms with Gasteiger partial charge in [-0.25, -0.2) is 0 Å². The second kappa shape index (κ2) is 13.9. The lowest BCUT2D eigenvalue weighted by Gasteiger charge is -2.11. The first kappa shape index (κ1) is 24.9. The molecule has 172 valence electrons. The fourth-order valence-corrected chi connectivity index (χ4v) is 2.76. The van der Waals surface area contributed by atoms with Gasteiger partial charge in [0.2, 0.25) is 5.11 Å². The third kappa shape index (κ3) is 8.07. The fourth-order valence-electron chi connectivity index (χ4n) is 2.65. The van der Waals surface area contributed by atoms with E-state index in [2.05, 4.69) is 21.1 Å². The molecule has 2 rings (SSSR count). The minimum atomic E-state index is 0.254. The van der Waals surface area contributed by atoms with Gasteiger partial charge in [0.25, 0.3) is 0 Å². The van der Waals surface area contributed by atoms with Gasteiger partial charge < -0.3 is 18.9 Å². The Morgan fingerprint density at radius 3 is 1.44 bits per heavy atom. The predicted octanol–water partition coefficient (Wildman–Crippen LogP) is 4.11. The first-order valence-corrected chi connectivity index (χ1v) is 10.9. The Hall–Kier alpha value is -3.33. The van der Waals surface area contributed by atoms with Crippen LogP contribution in [-0.2, 0) is 0 Å². The van der Waals surface area contributed by atoms with E-state index < -0.39 is 0 Å². The number of ether oxygens (including phenoxy) is 4. The van der Waals surface area contributed by atoms with E-state index >= 15 is 0 Å². The molecule has 0 fully saturated rings. The summed E-state index contributed by atoms with van der Waals surface area (Å²) in [4.78, 5) is 0. The molecule has 0 saturated heterocycles. The zero-order valence-electron chi connectivity index (χ0n) is 18.9. The van der Waals surface area contributed by atoms with Gasteiger partial charge in [-0.3, -0.25) is 10.9 Å². The number of hydrogen-bond donors (Lipinski definition) is 2. The van der Waals surface area contributed by atoms with Gasteiger partial charge in [-0.05, 0) is 87.4 Å². The van der Waals surface area contributed by atoms with Crippen molar-refractivity contribution < 1.29 is 18.9 Å². The lowest BCUT2D eigenvalue weighted by molar-refractivity contribution is 0.288. The topological polar surface area (TPSA) is 85.7 Å². The Bertz CT molecular complexity index is 861. The number of nitrogens with zero attached hydrogens (tertiary/aromatic N) is 2. The number of rotatable bonds is 12. The maximum absolute atomic E-state index is 5.62. The summed E-state index contributed by atoms with van der Waals surface area (Å²) < 4.78 is 22.4. The summed E-state index contributed by atoms with van der Waals surface area (Å²) in [5.41, 5.74) is 7.13. The molecule has 0 heterocycles. The Balaban J connectivity index is 1.91. The molecule has 0 spiro atoms. The molecule has 0 amide bonds. The van der Waals surface area contributed by atoms with E-state index in [0.29, 0.717) is 49.4 Å². The molecule has 0 aromatic heterocycles. The Kier molecular flexibility index (Phi) is 10.8. The second-order valence-electron chi connectivity index (χ2n) is 6.21. The van der Waals surface area contributed by atoms with Crippen LogP contribution in [0.4, 0.5) is 0 Å². The highest BCUT2D eigenvalue weighted by atomic mass is 32.1. The van der Waals surface area contributed by atoms with Crippen molar-refractivity contribution in [3.8, 4) is 23.0 Å². The summed E-state index contributed by atoms with van der Waals surface area (Å²) >= 11 is 5.19. The molecule has 0 aliphatic heterocycles. The molecule has 0 unspecified atom stereocenters. The zero-order valence-corrected chi connectivity index (χ0v) is 19.7. The van der Waals surface area contributed by atoms with Crippen LogP contribution in [0.15, 0.2) is 46.6 Å². The Morgan fingerprint density at radius 1 is 0.688 bits per heavy atom. The van der Waals surface area contributed by atoms with Gasteiger partial charge >= 0.3 is 0 Å². The number of thiocarbonyl (C=S) groups is 1. The van der Waals surface area contributed by atoms with Crippen molar-refractivity contribution >= 4 is 29.8 Å². The van der Waals surface area contributed by atoms with Gasteiger partial charge in [0, 0.05) is 0 Å². The van der Waals surface area contributed by atoms with Crippen molar-refractivity contribution in [1.82, 2.24) is 10.9 Å². The van der Waals surface area contributed by atoms with E-state index in [9.17, 15) is 0 Å². The van der Waals surface area contributed by atoms with Crippen molar-refractivity contribution in [3.05, 3.63) is 47.5 Å². The lowest BCUT2D eigenvalue weighted by Crippen LogP contribution is -2.28. The second-order valence-corrected chi connectivity index (χ2v) is 6.62. The van der Waals surface area contributed by atoms with Crippen molar-refractivity contribution in [2.45, 2.75) is 27.7 Å². The molecule has 2 N–H and O–H groups in total. The summed E-state index contributed by atoms with van der Waals surface area (Å²) in [6.45, 7) is 9.94. The highest BCUT2D eigenvalue weighted by Crippen LogP contribution is 2.28. The number of benzene rings is 2. The van der Waals surface area contributed by atoms with Crippen LogP contribution in [0, 0.1) is 0 Å². The predicted molar refractivity (Wildman–Crippen MR) is 132 cm³/mol. The number of nitrogens with one attached hydrogen (secondary N) is 2. The van der Waals surface area contributed by atoms with E-state index in [1.54, 1.807) is 12.4 Å². The monoisotopic (exact) mass is 458 g/mol. The lowest BCUT2D eigenvalue weighted by atomic mass is 10.2. The summed E-state index contributed by atoms with van der Waals surface area (Å²) in [5.74, 6) is 2.75. The quantitative estimate of drug-likeness (QED) is 0.281. The molecule has 2 aromatic rings. The van der Waals surface area contributed by atoms with Crippen molar-refractivity contribution in [1.29, 1.82) is 0 Å². The van der Waals surface area contributed by atoms with E-state index in [-0.39, 0.29) is 5.11 Å². The van der Waals surface area contributed by atoms with Gasteiger partial charge in [0.1, 0.15) is 0 Å². The molecule has 2 aromatic carbocycles. The molecule has 9 heteroatoms. The summed E-state index contributed by atoms with van der Waals surface area (Å²) in [7, 11) is 0. The average Bonchev–Trinajstić information content (AvgIpc) is 2.78. The van der Waals surface area contributed by atoms with Crippen LogP contribution in [0.2, 0.25) is 0 Å². The number of hydrazone groups is 2. The summed E-state index contributed by atoms with van der Waals surface area (Å²) in [5, 5.41) is 8.51. The first-order valence-electron chi connectivity index (χ1n) is 10.5. The van der Waals surface area contributed by atoms with Gasteiger partial charge in [0.15, 0.2) is 23.0 Å². The molecule has 0 bridgehead atoms. The molecule has 8 nitrogen and oxygen atoms in total. The first-order chi connectivity index (χ1) is 15.6. The highest BCUT2D eigenvalue weighted by molar-refractivity contribution is 7.80. The maximum Gasteiger partial charge on any atom is 0.207 e. The molecular formula is C23H30N4O4S. The molecule has 0 saturated carbocycles. The van der Waals surface area contributed by atoms with Crippen molar-refractivity contribution in [3.63, 3.8) is 0 Å². The number of hydrogen-bond acceptors (Lipinski definition) is 7. The van der Waals surface area contributed by atoms with Crippen molar-refractivity contribution in [2.75, 3.05) is 26.4 Å². The minimum absolute atomic E-state index is 0.254. The molecular weight excluding hydrogens is 428 g/mol. The van der Waals surface area contributed by atoms with Gasteiger partial charge in [-0.15, -0.1) is 0 Å². The summed E-state index contributed by atoms with van der Waals surface area (Å²) in [6, 6.07) is 11.2. The van der Waals surface area contributed by atoms with Gasteiger partial charge in [0.05, 0.1) is 38.9 Å². The van der Waals surface area contributed by atoms with Crippen LogP contribution in [0.1, 0.15) is 38.8 Å². The Labute approximate surface area is 194 Å². The van der Waals surface area contributed by atoms with Crippen LogP contribution in [0.25, 0.3) is 0 Å². The Morgan fingerprint density at radius 2 is 1.06 bits per heavy atom.